The smallest absolute Gasteiger partial charge is 0.226 e. The Morgan fingerprint density at radius 3 is 2.44 bits per heavy atom. The van der Waals surface area contributed by atoms with Crippen molar-refractivity contribution in [2.75, 3.05) is 11.9 Å². The van der Waals surface area contributed by atoms with Gasteiger partial charge in [-0.15, -0.1) is 5.10 Å². The van der Waals surface area contributed by atoms with Gasteiger partial charge >= 0.3 is 0 Å². The molecule has 2 aromatic carbocycles. The number of nitrogens with one attached hydrogen (secondary N) is 1. The van der Waals surface area contributed by atoms with Crippen molar-refractivity contribution in [2.24, 2.45) is 5.41 Å². The third kappa shape index (κ3) is 4.02. The third-order valence-electron chi connectivity index (χ3n) is 6.67. The molecule has 0 saturated heterocycles. The molecule has 6 nitrogen and oxygen atoms in total. The molecule has 2 aliphatic rings. The lowest BCUT2D eigenvalue weighted by atomic mass is 9.73. The topological polar surface area (TPSA) is 69.0 Å². The second-order valence-electron chi connectivity index (χ2n) is 10.3. The second-order valence-corrected chi connectivity index (χ2v) is 10.3. The number of Topliss-reactive ketones (excluding diaryl/α,β-unsaturated/α-hetero) is 1. The van der Waals surface area contributed by atoms with E-state index in [0.717, 1.165) is 34.6 Å². The summed E-state index contributed by atoms with van der Waals surface area (Å²) in [5, 5.41) is 8.35. The fourth-order valence-corrected chi connectivity index (χ4v) is 4.97. The molecule has 1 atom stereocenters. The van der Waals surface area contributed by atoms with Crippen molar-refractivity contribution < 1.29 is 9.53 Å². The Bertz CT molecular complexity index is 1250. The molecule has 34 heavy (non-hydrogen) atoms. The molecule has 0 amide bonds. The molecule has 2 heterocycles. The van der Waals surface area contributed by atoms with Gasteiger partial charge in [-0.2, -0.15) is 4.98 Å². The molecule has 1 N–H and O–H groups in total. The van der Waals surface area contributed by atoms with E-state index >= 15 is 0 Å². The van der Waals surface area contributed by atoms with E-state index in [4.69, 9.17) is 14.8 Å². The van der Waals surface area contributed by atoms with E-state index < -0.39 is 0 Å². The van der Waals surface area contributed by atoms with Gasteiger partial charge in [0.15, 0.2) is 11.6 Å². The Morgan fingerprint density at radius 1 is 1.09 bits per heavy atom. The summed E-state index contributed by atoms with van der Waals surface area (Å²) in [6.45, 7) is 11.3. The third-order valence-corrected chi connectivity index (χ3v) is 6.67. The maximum atomic E-state index is 13.4. The monoisotopic (exact) mass is 456 g/mol. The normalized spacial score (nSPS) is 19.0. The number of allylic oxidation sites excluding steroid dienone is 2. The van der Waals surface area contributed by atoms with Crippen LogP contribution in [-0.4, -0.2) is 27.2 Å². The van der Waals surface area contributed by atoms with E-state index in [0.29, 0.717) is 30.7 Å². The van der Waals surface area contributed by atoms with Gasteiger partial charge in [0.05, 0.1) is 6.61 Å². The van der Waals surface area contributed by atoms with Crippen LogP contribution in [0, 0.1) is 5.41 Å². The van der Waals surface area contributed by atoms with Crippen molar-refractivity contribution in [1.82, 2.24) is 14.8 Å². The molecule has 176 valence electrons. The highest BCUT2D eigenvalue weighted by Crippen LogP contribution is 2.45. The van der Waals surface area contributed by atoms with Crippen LogP contribution >= 0.6 is 0 Å². The van der Waals surface area contributed by atoms with Gasteiger partial charge in [0.25, 0.3) is 0 Å². The predicted molar refractivity (Wildman–Crippen MR) is 134 cm³/mol. The number of nitrogens with zero attached hydrogens (tertiary/aromatic N) is 3. The average Bonchev–Trinajstić information content (AvgIpc) is 3.21. The van der Waals surface area contributed by atoms with Crippen LogP contribution in [0.3, 0.4) is 0 Å². The SMILES string of the molecule is CCOc1ccc(-c2nc3n(n2)C(c2ccc(C(C)C)cc2)C2=C(CC(C)(C)CC2=O)N3)cc1. The summed E-state index contributed by atoms with van der Waals surface area (Å²) in [4.78, 5) is 18.3. The number of aromatic nitrogens is 3. The number of carbonyl (C=O) groups excluding carboxylic acids is 1. The molecular formula is C28H32N4O2. The van der Waals surface area contributed by atoms with E-state index in [1.54, 1.807) is 0 Å². The molecule has 1 aromatic heterocycles. The maximum absolute atomic E-state index is 13.4. The zero-order valence-corrected chi connectivity index (χ0v) is 20.6. The molecule has 0 saturated carbocycles. The first kappa shape index (κ1) is 22.4. The van der Waals surface area contributed by atoms with Gasteiger partial charge in [-0.1, -0.05) is 52.0 Å². The van der Waals surface area contributed by atoms with E-state index in [-0.39, 0.29) is 17.2 Å². The lowest BCUT2D eigenvalue weighted by molar-refractivity contribution is -0.118. The fourth-order valence-electron chi connectivity index (χ4n) is 4.97. The lowest BCUT2D eigenvalue weighted by Gasteiger charge is -2.38. The summed E-state index contributed by atoms with van der Waals surface area (Å²) >= 11 is 0. The van der Waals surface area contributed by atoms with Crippen LogP contribution in [0.1, 0.15) is 70.5 Å². The van der Waals surface area contributed by atoms with Gasteiger partial charge in [-0.25, -0.2) is 4.68 Å². The van der Waals surface area contributed by atoms with E-state index in [1.807, 2.05) is 35.9 Å². The second kappa shape index (κ2) is 8.42. The molecule has 5 rings (SSSR count). The van der Waals surface area contributed by atoms with Gasteiger partial charge in [0.2, 0.25) is 5.95 Å². The summed E-state index contributed by atoms with van der Waals surface area (Å²) in [5.41, 5.74) is 4.93. The van der Waals surface area contributed by atoms with Crippen molar-refractivity contribution >= 4 is 11.7 Å². The van der Waals surface area contributed by atoms with Gasteiger partial charge in [0, 0.05) is 23.3 Å². The number of anilines is 1. The summed E-state index contributed by atoms with van der Waals surface area (Å²) < 4.78 is 7.45. The highest BCUT2D eigenvalue weighted by molar-refractivity contribution is 6.00. The summed E-state index contributed by atoms with van der Waals surface area (Å²) in [7, 11) is 0. The maximum Gasteiger partial charge on any atom is 0.226 e. The minimum atomic E-state index is -0.292. The molecule has 0 radical (unpaired) electrons. The van der Waals surface area contributed by atoms with Crippen molar-refractivity contribution in [3.05, 3.63) is 70.9 Å². The van der Waals surface area contributed by atoms with Crippen LogP contribution in [-0.2, 0) is 4.79 Å². The lowest BCUT2D eigenvalue weighted by Crippen LogP contribution is -2.36. The van der Waals surface area contributed by atoms with E-state index in [2.05, 4.69) is 57.3 Å². The minimum Gasteiger partial charge on any atom is -0.494 e. The standard InChI is InChI=1S/C28H32N4O2/c1-6-34-21-13-11-20(12-14-21)26-30-27-29-22-15-28(4,5)16-23(33)24(22)25(32(27)31-26)19-9-7-18(8-10-19)17(2)3/h7-14,17,25H,6,15-16H2,1-5H3,(H,29,30,31). The van der Waals surface area contributed by atoms with Crippen LogP contribution in [0.5, 0.6) is 5.75 Å². The molecule has 1 unspecified atom stereocenters. The highest BCUT2D eigenvalue weighted by Gasteiger charge is 2.41. The molecule has 0 bridgehead atoms. The summed E-state index contributed by atoms with van der Waals surface area (Å²) in [5.74, 6) is 2.75. The van der Waals surface area contributed by atoms with E-state index in [1.165, 1.54) is 5.56 Å². The number of hydrogen-bond acceptors (Lipinski definition) is 5. The molecule has 3 aromatic rings. The van der Waals surface area contributed by atoms with Gasteiger partial charge in [0.1, 0.15) is 11.8 Å². The van der Waals surface area contributed by atoms with Crippen LogP contribution in [0.2, 0.25) is 0 Å². The molecular weight excluding hydrogens is 424 g/mol. The van der Waals surface area contributed by atoms with Crippen LogP contribution in [0.15, 0.2) is 59.8 Å². The molecule has 6 heteroatoms. The number of ether oxygens (including phenoxy) is 1. The predicted octanol–water partition coefficient (Wildman–Crippen LogP) is 6.13. The van der Waals surface area contributed by atoms with Crippen molar-refractivity contribution in [2.45, 2.75) is 59.4 Å². The first-order valence-electron chi connectivity index (χ1n) is 12.1. The molecule has 0 fully saturated rings. The minimum absolute atomic E-state index is 0.0882. The number of carbonyl (C=O) groups is 1. The quantitative estimate of drug-likeness (QED) is 0.500. The fraction of sp³-hybridized carbons (Fsp3) is 0.393. The molecule has 0 spiro atoms. The van der Waals surface area contributed by atoms with Crippen molar-refractivity contribution in [1.29, 1.82) is 0 Å². The largest absolute Gasteiger partial charge is 0.494 e. The number of rotatable bonds is 5. The van der Waals surface area contributed by atoms with Crippen molar-refractivity contribution in [3.63, 3.8) is 0 Å². The number of benzene rings is 2. The zero-order valence-electron chi connectivity index (χ0n) is 20.6. The van der Waals surface area contributed by atoms with Crippen LogP contribution in [0.25, 0.3) is 11.4 Å². The first-order chi connectivity index (χ1) is 16.3. The first-order valence-corrected chi connectivity index (χ1v) is 12.1. The Hall–Kier alpha value is -3.41. The summed E-state index contributed by atoms with van der Waals surface area (Å²) in [6.07, 6.45) is 1.34. The number of ketones is 1. The van der Waals surface area contributed by atoms with Gasteiger partial charge in [-0.3, -0.25) is 4.79 Å². The Labute approximate surface area is 201 Å². The Kier molecular flexibility index (Phi) is 5.54. The number of fused-ring (bicyclic) bond motifs is 1. The van der Waals surface area contributed by atoms with Gasteiger partial charge < -0.3 is 10.1 Å². The van der Waals surface area contributed by atoms with Gasteiger partial charge in [-0.05, 0) is 60.1 Å². The number of hydrogen-bond donors (Lipinski definition) is 1. The zero-order chi connectivity index (χ0) is 24.0. The molecule has 1 aliphatic carbocycles. The summed E-state index contributed by atoms with van der Waals surface area (Å²) in [6, 6.07) is 16.1. The van der Waals surface area contributed by atoms with Crippen LogP contribution < -0.4 is 10.1 Å². The highest BCUT2D eigenvalue weighted by atomic mass is 16.5. The Morgan fingerprint density at radius 2 is 1.79 bits per heavy atom. The van der Waals surface area contributed by atoms with Crippen LogP contribution in [0.4, 0.5) is 5.95 Å². The van der Waals surface area contributed by atoms with Crippen molar-refractivity contribution in [3.8, 4) is 17.1 Å². The Balaban J connectivity index is 1.60. The van der Waals surface area contributed by atoms with E-state index in [9.17, 15) is 4.79 Å². The molecule has 1 aliphatic heterocycles. The average molecular weight is 457 g/mol.